The second kappa shape index (κ2) is 53.0. The lowest BCUT2D eigenvalue weighted by molar-refractivity contribution is -0.139. The minimum absolute atomic E-state index is 0. The lowest BCUT2D eigenvalue weighted by Crippen LogP contribution is -2.09. The molecule has 0 radical (unpaired) electrons. The highest BCUT2D eigenvalue weighted by Gasteiger charge is 2.21. The first kappa shape index (κ1) is 106. The number of carbonyl (C=O) groups is 9. The first-order chi connectivity index (χ1) is 61.9. The van der Waals surface area contributed by atoms with E-state index in [2.05, 4.69) is 71.3 Å². The molecule has 6 aromatic carbocycles. The maximum Gasteiger partial charge on any atom is 0.344 e. The number of esters is 9. The standard InChI is InChI=1S/C36H40O8.2C35H38O8.CH4/c1-23(2)33(37)41-18-10-7-8-13-28-20-26(12-9-11-19-42-34(38)24(3)4)21-32-30(28)22-31(36(40)44-32)27-14-16-29(17-15-27)43-35(39)25(5)6;1-22(2)32(36)40-17-9-7-11-25-19-27(12-8-10-18-41-33(37)23(3)4)29-21-30(35(39)43-31(29)20-25)26-13-15-28(16-14-26)42-34(38)24(5)6;1-22(2)32(36)40-19-9-7-11-25-13-14-27-21-30(26-15-17-28(18-16-26)42-34(38)24(5)6)35(39)43-31(27)29(25)12-8-10-20-41-33(37)23(3)4;/h14-17,20-22H,1,3,5,7-13,18-19H2,2,4,6H3;13-16,19-21H,1,3,5,7-12,17-18H2,2,4,6H3;13-18,21H,1,3,5,7-12,19-20H2,2,4,6H3;1H4. The Morgan fingerprint density at radius 3 is 0.832 bits per heavy atom. The van der Waals surface area contributed by atoms with Gasteiger partial charge in [-0.25, -0.2) is 57.5 Å². The van der Waals surface area contributed by atoms with Crippen molar-refractivity contribution in [3.8, 4) is 50.6 Å². The van der Waals surface area contributed by atoms with Crippen molar-refractivity contribution in [1.29, 1.82) is 0 Å². The van der Waals surface area contributed by atoms with Crippen molar-refractivity contribution in [3.63, 3.8) is 0 Å². The van der Waals surface area contributed by atoms with Gasteiger partial charge in [-0.2, -0.15) is 0 Å². The number of aryl methyl sites for hydroxylation is 6. The van der Waals surface area contributed by atoms with Gasteiger partial charge in [0.15, 0.2) is 0 Å². The van der Waals surface area contributed by atoms with E-state index in [9.17, 15) is 57.5 Å². The Bertz CT molecular complexity index is 5940. The molecule has 0 bridgehead atoms. The van der Waals surface area contributed by atoms with Crippen LogP contribution in [0.15, 0.2) is 264 Å². The number of hydrogen-bond acceptors (Lipinski definition) is 24. The summed E-state index contributed by atoms with van der Waals surface area (Å²) in [6.07, 6.45) is 13.7. The van der Waals surface area contributed by atoms with Crippen LogP contribution < -0.4 is 31.1 Å². The zero-order chi connectivity index (χ0) is 95.3. The molecule has 24 heteroatoms. The summed E-state index contributed by atoms with van der Waals surface area (Å²) in [5, 5.41) is 2.42. The van der Waals surface area contributed by atoms with Gasteiger partial charge in [0, 0.05) is 66.3 Å². The van der Waals surface area contributed by atoms with Crippen LogP contribution in [0.4, 0.5) is 0 Å². The lowest BCUT2D eigenvalue weighted by atomic mass is 9.94. The molecule has 0 saturated carbocycles. The topological polar surface area (TPSA) is 327 Å². The van der Waals surface area contributed by atoms with Crippen molar-refractivity contribution >= 4 is 86.6 Å². The molecule has 0 aliphatic carbocycles. The summed E-state index contributed by atoms with van der Waals surface area (Å²) in [5.41, 5.74) is 12.2. The van der Waals surface area contributed by atoms with Crippen molar-refractivity contribution in [2.24, 2.45) is 0 Å². The monoisotopic (exact) mass is 1790 g/mol. The normalized spacial score (nSPS) is 10.6. The van der Waals surface area contributed by atoms with Crippen LogP contribution in [-0.2, 0) is 110 Å². The van der Waals surface area contributed by atoms with E-state index in [1.807, 2.05) is 36.4 Å². The summed E-state index contributed by atoms with van der Waals surface area (Å²) in [5.74, 6) is -2.95. The van der Waals surface area contributed by atoms with Crippen LogP contribution in [0.5, 0.6) is 17.2 Å². The van der Waals surface area contributed by atoms with Crippen molar-refractivity contribution in [3.05, 3.63) is 301 Å². The maximum absolute atomic E-state index is 13.2. The Morgan fingerprint density at radius 1 is 0.267 bits per heavy atom. The third kappa shape index (κ3) is 34.1. The minimum atomic E-state index is -0.527. The zero-order valence-corrected chi connectivity index (χ0v) is 76.0. The third-order valence-electron chi connectivity index (χ3n) is 20.1. The first-order valence-electron chi connectivity index (χ1n) is 43.1. The van der Waals surface area contributed by atoms with Crippen LogP contribution in [0.2, 0.25) is 0 Å². The second-order valence-electron chi connectivity index (χ2n) is 32.0. The lowest BCUT2D eigenvalue weighted by Gasteiger charge is -2.14. The number of unbranched alkanes of at least 4 members (excludes halogenated alkanes) is 7. The Labute approximate surface area is 765 Å². The number of benzene rings is 6. The highest BCUT2D eigenvalue weighted by molar-refractivity contribution is 5.93. The summed E-state index contributed by atoms with van der Waals surface area (Å²) < 4.78 is 64.6. The molecule has 0 aliphatic heterocycles. The van der Waals surface area contributed by atoms with Crippen LogP contribution in [0.1, 0.15) is 187 Å². The van der Waals surface area contributed by atoms with Crippen LogP contribution in [-0.4, -0.2) is 93.4 Å². The molecule has 0 unspecified atom stereocenters. The molecule has 9 aromatic rings. The van der Waals surface area contributed by atoms with E-state index in [-0.39, 0.29) is 43.3 Å². The van der Waals surface area contributed by atoms with E-state index in [0.717, 1.165) is 107 Å². The van der Waals surface area contributed by atoms with Crippen molar-refractivity contribution in [1.82, 2.24) is 0 Å². The molecule has 0 amide bonds. The van der Waals surface area contributed by atoms with Crippen LogP contribution in [0.3, 0.4) is 0 Å². The molecule has 0 saturated heterocycles. The number of carbonyl (C=O) groups excluding carboxylic acids is 9. The van der Waals surface area contributed by atoms with Crippen molar-refractivity contribution in [2.75, 3.05) is 39.6 Å². The molecule has 24 nitrogen and oxygen atoms in total. The Balaban J connectivity index is 0.000000301. The van der Waals surface area contributed by atoms with Gasteiger partial charge in [-0.05, 0) is 301 Å². The second-order valence-corrected chi connectivity index (χ2v) is 32.0. The van der Waals surface area contributed by atoms with Crippen molar-refractivity contribution in [2.45, 2.75) is 192 Å². The molecule has 131 heavy (non-hydrogen) atoms. The molecular formula is C107H120O24. The highest BCUT2D eigenvalue weighted by atomic mass is 16.6. The molecule has 0 N–H and O–H groups in total. The molecule has 3 heterocycles. The van der Waals surface area contributed by atoms with Gasteiger partial charge in [0.2, 0.25) is 0 Å². The Hall–Kier alpha value is -14.2. The Kier molecular flexibility index (Phi) is 42.7. The first-order valence-corrected chi connectivity index (χ1v) is 43.1. The SMILES string of the molecule is C.C=C(C)C(=O)OCCCCCc1cc(CCCCOC(=O)C(=C)C)cc2oc(=O)c(-c3ccc(OC(=O)C(=C)C)cc3)cc12.C=C(C)C(=O)OCCCCc1cc(CCCCOC(=O)C(=C)C)c2cc(-c3ccc(OC(=O)C(=C)C)cc3)c(=O)oc2c1.C=C(C)C(=O)OCCCCc1ccc2cc(-c3ccc(OC(=O)C(=C)C)cc3)c(=O)oc2c1CCCCOC(=O)C(=C)C. The fraction of sp³-hybridized carbons (Fsp3) is 0.327. The molecular weight excluding hydrogens is 1670 g/mol. The van der Waals surface area contributed by atoms with Gasteiger partial charge in [0.1, 0.15) is 34.0 Å². The number of rotatable bonds is 46. The van der Waals surface area contributed by atoms with Crippen LogP contribution >= 0.6 is 0 Å². The molecule has 3 aromatic heterocycles. The van der Waals surface area contributed by atoms with Gasteiger partial charge in [0.25, 0.3) is 0 Å². The smallest absolute Gasteiger partial charge is 0.344 e. The van der Waals surface area contributed by atoms with E-state index < -0.39 is 64.6 Å². The molecule has 0 fully saturated rings. The maximum atomic E-state index is 13.2. The molecule has 9 rings (SSSR count). The van der Waals surface area contributed by atoms with Gasteiger partial charge >= 0.3 is 70.6 Å². The average molecular weight is 1790 g/mol. The zero-order valence-electron chi connectivity index (χ0n) is 76.0. The quantitative estimate of drug-likeness (QED) is 0.00854. The van der Waals surface area contributed by atoms with E-state index in [4.69, 9.17) is 55.9 Å². The predicted molar refractivity (Wildman–Crippen MR) is 509 cm³/mol. The van der Waals surface area contributed by atoms with E-state index >= 15 is 0 Å². The van der Waals surface area contributed by atoms with Gasteiger partial charge in [-0.1, -0.05) is 127 Å². The van der Waals surface area contributed by atoms with Gasteiger partial charge < -0.3 is 55.9 Å². The molecule has 0 atom stereocenters. The number of hydrogen-bond donors (Lipinski definition) is 0. The predicted octanol–water partition coefficient (Wildman–Crippen LogP) is 21.5. The molecule has 0 aliphatic rings. The molecule has 692 valence electrons. The van der Waals surface area contributed by atoms with Gasteiger partial charge in [-0.3, -0.25) is 0 Å². The summed E-state index contributed by atoms with van der Waals surface area (Å²) >= 11 is 0. The fourth-order valence-electron chi connectivity index (χ4n) is 12.9. The van der Waals surface area contributed by atoms with Crippen LogP contribution in [0.25, 0.3) is 66.3 Å². The minimum Gasteiger partial charge on any atom is -0.462 e. The van der Waals surface area contributed by atoms with Gasteiger partial charge in [0.05, 0.1) is 56.3 Å². The number of ether oxygens (including phenoxy) is 9. The van der Waals surface area contributed by atoms with Gasteiger partial charge in [-0.15, -0.1) is 0 Å². The summed E-state index contributed by atoms with van der Waals surface area (Å²) in [4.78, 5) is 145. The van der Waals surface area contributed by atoms with E-state index in [1.165, 1.54) is 0 Å². The summed E-state index contributed by atoms with van der Waals surface area (Å²) in [6.45, 7) is 48.5. The number of fused-ring (bicyclic) bond motifs is 3. The highest BCUT2D eigenvalue weighted by Crippen LogP contribution is 2.34. The van der Waals surface area contributed by atoms with Crippen LogP contribution in [0, 0.1) is 0 Å². The summed E-state index contributed by atoms with van der Waals surface area (Å²) in [7, 11) is 0. The third-order valence-corrected chi connectivity index (χ3v) is 20.1. The van der Waals surface area contributed by atoms with E-state index in [1.54, 1.807) is 141 Å². The van der Waals surface area contributed by atoms with E-state index in [0.29, 0.717) is 191 Å². The largest absolute Gasteiger partial charge is 0.462 e. The molecule has 0 spiro atoms. The fourth-order valence-corrected chi connectivity index (χ4v) is 12.9. The average Bonchev–Trinajstić information content (AvgIpc) is 0.790. The Morgan fingerprint density at radius 2 is 0.527 bits per heavy atom. The summed E-state index contributed by atoms with van der Waals surface area (Å²) in [6, 6.07) is 37.3. The van der Waals surface area contributed by atoms with Crippen molar-refractivity contribution < 1.29 is 99.0 Å².